The molecular formula is C12H16F2N2O3. The second kappa shape index (κ2) is 5.56. The van der Waals surface area contributed by atoms with Gasteiger partial charge in [0.15, 0.2) is 5.82 Å². The zero-order valence-electron chi connectivity index (χ0n) is 11.1. The minimum Gasteiger partial charge on any atom is -0.478 e. The Morgan fingerprint density at radius 2 is 2.00 bits per heavy atom. The number of methoxy groups -OCH3 is 1. The number of carboxylic acid groups (broad SMARTS) is 1. The average Bonchev–Trinajstić information content (AvgIpc) is 2.27. The van der Waals surface area contributed by atoms with E-state index in [1.54, 1.807) is 0 Å². The third kappa shape index (κ3) is 3.44. The maximum Gasteiger partial charge on any atom is 0.339 e. The number of alkyl halides is 2. The predicted octanol–water partition coefficient (Wildman–Crippen LogP) is 2.85. The first-order valence-electron chi connectivity index (χ1n) is 5.59. The van der Waals surface area contributed by atoms with Gasteiger partial charge in [-0.15, -0.1) is 0 Å². The quantitative estimate of drug-likeness (QED) is 0.914. The second-order valence-electron chi connectivity index (χ2n) is 5.11. The second-order valence-corrected chi connectivity index (χ2v) is 5.11. The lowest BCUT2D eigenvalue weighted by Gasteiger charge is -2.28. The van der Waals surface area contributed by atoms with Crippen LogP contribution in [-0.4, -0.2) is 28.2 Å². The molecule has 0 fully saturated rings. The van der Waals surface area contributed by atoms with E-state index in [4.69, 9.17) is 9.84 Å². The van der Waals surface area contributed by atoms with Crippen molar-refractivity contribution >= 4 is 5.97 Å². The molecule has 1 aromatic rings. The predicted molar refractivity (Wildman–Crippen MR) is 63.2 cm³/mol. The van der Waals surface area contributed by atoms with Crippen molar-refractivity contribution in [1.29, 1.82) is 0 Å². The van der Waals surface area contributed by atoms with E-state index in [1.807, 2.05) is 20.8 Å². The van der Waals surface area contributed by atoms with Crippen LogP contribution in [0, 0.1) is 5.41 Å². The molecule has 0 aromatic carbocycles. The van der Waals surface area contributed by atoms with Crippen molar-refractivity contribution in [3.05, 3.63) is 23.3 Å². The fourth-order valence-corrected chi connectivity index (χ4v) is 1.71. The minimum absolute atomic E-state index is 0.0512. The highest BCUT2D eigenvalue weighted by molar-refractivity contribution is 5.88. The number of halogens is 2. The molecule has 0 saturated heterocycles. The van der Waals surface area contributed by atoms with Gasteiger partial charge in [0.2, 0.25) is 0 Å². The Morgan fingerprint density at radius 3 is 2.37 bits per heavy atom. The van der Waals surface area contributed by atoms with Crippen LogP contribution in [0.5, 0.6) is 0 Å². The molecule has 0 aliphatic rings. The molecule has 5 nitrogen and oxygen atoms in total. The number of carbonyl (C=O) groups is 1. The fraction of sp³-hybridized carbons (Fsp3) is 0.583. The van der Waals surface area contributed by atoms with Crippen molar-refractivity contribution in [3.63, 3.8) is 0 Å². The van der Waals surface area contributed by atoms with E-state index in [9.17, 15) is 13.6 Å². The summed E-state index contributed by atoms with van der Waals surface area (Å²) in [5.74, 6) is -1.43. The molecule has 0 spiro atoms. The summed E-state index contributed by atoms with van der Waals surface area (Å²) in [4.78, 5) is 18.3. The van der Waals surface area contributed by atoms with Crippen molar-refractivity contribution in [2.24, 2.45) is 5.41 Å². The highest BCUT2D eigenvalue weighted by Crippen LogP contribution is 2.34. The molecule has 0 aliphatic carbocycles. The molecular weight excluding hydrogens is 258 g/mol. The number of ether oxygens (including phenoxy) is 1. The van der Waals surface area contributed by atoms with Gasteiger partial charge >= 0.3 is 5.97 Å². The Labute approximate surface area is 109 Å². The van der Waals surface area contributed by atoms with Gasteiger partial charge in [-0.25, -0.2) is 23.5 Å². The molecule has 1 heterocycles. The normalized spacial score (nSPS) is 13.6. The SMILES string of the molecule is COC(c1ncc(C(=O)O)c(C(F)F)n1)C(C)(C)C. The zero-order valence-corrected chi connectivity index (χ0v) is 11.1. The van der Waals surface area contributed by atoms with Crippen molar-refractivity contribution < 1.29 is 23.4 Å². The maximum atomic E-state index is 12.8. The molecule has 19 heavy (non-hydrogen) atoms. The Kier molecular flexibility index (Phi) is 4.52. The smallest absolute Gasteiger partial charge is 0.339 e. The molecule has 0 radical (unpaired) electrons. The van der Waals surface area contributed by atoms with Gasteiger partial charge in [0, 0.05) is 13.3 Å². The Bertz CT molecular complexity index is 473. The number of hydrogen-bond donors (Lipinski definition) is 1. The number of carboxylic acids is 1. The Balaban J connectivity index is 3.32. The lowest BCUT2D eigenvalue weighted by molar-refractivity contribution is 0.00778. The van der Waals surface area contributed by atoms with E-state index >= 15 is 0 Å². The molecule has 0 aliphatic heterocycles. The van der Waals surface area contributed by atoms with Gasteiger partial charge in [0.1, 0.15) is 17.4 Å². The first-order chi connectivity index (χ1) is 8.68. The third-order valence-corrected chi connectivity index (χ3v) is 2.53. The number of rotatable bonds is 4. The number of nitrogens with zero attached hydrogens (tertiary/aromatic N) is 2. The van der Waals surface area contributed by atoms with Crippen LogP contribution in [0.2, 0.25) is 0 Å². The highest BCUT2D eigenvalue weighted by Gasteiger charge is 2.31. The summed E-state index contributed by atoms with van der Waals surface area (Å²) in [7, 11) is 1.42. The van der Waals surface area contributed by atoms with Crippen molar-refractivity contribution in [2.75, 3.05) is 7.11 Å². The largest absolute Gasteiger partial charge is 0.478 e. The number of aromatic carboxylic acids is 1. The van der Waals surface area contributed by atoms with Crippen LogP contribution in [0.1, 0.15) is 55.2 Å². The molecule has 1 N–H and O–H groups in total. The van der Waals surface area contributed by atoms with E-state index in [1.165, 1.54) is 7.11 Å². The molecule has 1 rings (SSSR count). The molecule has 1 unspecified atom stereocenters. The van der Waals surface area contributed by atoms with Crippen LogP contribution in [0.3, 0.4) is 0 Å². The van der Waals surface area contributed by atoms with Crippen LogP contribution < -0.4 is 0 Å². The number of hydrogen-bond acceptors (Lipinski definition) is 4. The van der Waals surface area contributed by atoms with E-state index in [0.717, 1.165) is 6.20 Å². The molecule has 7 heteroatoms. The molecule has 1 atom stereocenters. The molecule has 106 valence electrons. The lowest BCUT2D eigenvalue weighted by Crippen LogP contribution is -2.23. The van der Waals surface area contributed by atoms with Gasteiger partial charge < -0.3 is 9.84 Å². The van der Waals surface area contributed by atoms with Gasteiger partial charge in [0.05, 0.1) is 0 Å². The summed E-state index contributed by atoms with van der Waals surface area (Å²) in [5.41, 5.74) is -1.79. The summed E-state index contributed by atoms with van der Waals surface area (Å²) < 4.78 is 30.9. The zero-order chi connectivity index (χ0) is 14.8. The fourth-order valence-electron chi connectivity index (χ4n) is 1.71. The minimum atomic E-state index is -2.98. The average molecular weight is 274 g/mol. The van der Waals surface area contributed by atoms with E-state index < -0.39 is 35.2 Å². The summed E-state index contributed by atoms with van der Waals surface area (Å²) >= 11 is 0. The van der Waals surface area contributed by atoms with Crippen LogP contribution in [-0.2, 0) is 4.74 Å². The first kappa shape index (κ1) is 15.4. The van der Waals surface area contributed by atoms with E-state index in [0.29, 0.717) is 0 Å². The van der Waals surface area contributed by atoms with Crippen molar-refractivity contribution in [2.45, 2.75) is 33.3 Å². The van der Waals surface area contributed by atoms with Crippen molar-refractivity contribution in [1.82, 2.24) is 9.97 Å². The maximum absolute atomic E-state index is 12.8. The van der Waals surface area contributed by atoms with Crippen LogP contribution >= 0.6 is 0 Å². The summed E-state index contributed by atoms with van der Waals surface area (Å²) in [6.07, 6.45) is -2.69. The van der Waals surface area contributed by atoms with Gasteiger partial charge in [0.25, 0.3) is 6.43 Å². The monoisotopic (exact) mass is 274 g/mol. The lowest BCUT2D eigenvalue weighted by atomic mass is 9.88. The van der Waals surface area contributed by atoms with Gasteiger partial charge in [-0.3, -0.25) is 0 Å². The summed E-state index contributed by atoms with van der Waals surface area (Å²) in [5, 5.41) is 8.82. The standard InChI is InChI=1S/C12H16F2N2O3/c1-12(2,3)8(19-4)10-15-5-6(11(17)18)7(16-10)9(13)14/h5,8-9H,1-4H3,(H,17,18). The first-order valence-corrected chi connectivity index (χ1v) is 5.59. The topological polar surface area (TPSA) is 72.3 Å². The van der Waals surface area contributed by atoms with Crippen LogP contribution in [0.4, 0.5) is 8.78 Å². The summed E-state index contributed by atoms with van der Waals surface area (Å²) in [6, 6.07) is 0. The van der Waals surface area contributed by atoms with E-state index in [-0.39, 0.29) is 5.82 Å². The third-order valence-electron chi connectivity index (χ3n) is 2.53. The van der Waals surface area contributed by atoms with Gasteiger partial charge in [-0.1, -0.05) is 20.8 Å². The molecule has 0 amide bonds. The number of aromatic nitrogens is 2. The van der Waals surface area contributed by atoms with Gasteiger partial charge in [-0.05, 0) is 5.41 Å². The Morgan fingerprint density at radius 1 is 1.42 bits per heavy atom. The van der Waals surface area contributed by atoms with E-state index in [2.05, 4.69) is 9.97 Å². The molecule has 1 aromatic heterocycles. The highest BCUT2D eigenvalue weighted by atomic mass is 19.3. The van der Waals surface area contributed by atoms with Gasteiger partial charge in [-0.2, -0.15) is 0 Å². The summed E-state index contributed by atoms with van der Waals surface area (Å²) in [6.45, 7) is 5.53. The molecule has 0 saturated carbocycles. The van der Waals surface area contributed by atoms with Crippen LogP contribution in [0.25, 0.3) is 0 Å². The van der Waals surface area contributed by atoms with Crippen molar-refractivity contribution in [3.8, 4) is 0 Å². The molecule has 0 bridgehead atoms. The Hall–Kier alpha value is -1.63. The van der Waals surface area contributed by atoms with Crippen LogP contribution in [0.15, 0.2) is 6.20 Å².